The molecule has 1 aliphatic carbocycles. The fourth-order valence-corrected chi connectivity index (χ4v) is 3.03. The van der Waals surface area contributed by atoms with E-state index in [1.165, 1.54) is 0 Å². The number of hydrogen-bond donors (Lipinski definition) is 2. The first-order chi connectivity index (χ1) is 7.03. The molecule has 1 aliphatic rings. The van der Waals surface area contributed by atoms with Crippen molar-refractivity contribution in [3.63, 3.8) is 0 Å². The Hall–Kier alpha value is -0.460. The third-order valence-electron chi connectivity index (χ3n) is 2.99. The number of aryl methyl sites for hydroxylation is 1. The lowest BCUT2D eigenvalue weighted by Gasteiger charge is -2.35. The lowest BCUT2D eigenvalue weighted by Crippen LogP contribution is -2.40. The molecule has 2 unspecified atom stereocenters. The summed E-state index contributed by atoms with van der Waals surface area (Å²) in [5.74, 6) is 0. The Morgan fingerprint density at radius 2 is 2.40 bits per heavy atom. The fourth-order valence-electron chi connectivity index (χ4n) is 2.33. The van der Waals surface area contributed by atoms with Gasteiger partial charge in [0.15, 0.2) is 4.60 Å². The molecule has 1 aromatic heterocycles. The second-order valence-electron chi connectivity index (χ2n) is 4.24. The molecule has 1 aromatic rings. The zero-order chi connectivity index (χ0) is 11.1. The fraction of sp³-hybridized carbons (Fsp3) is 0.778. The van der Waals surface area contributed by atoms with Crippen LogP contribution in [0.15, 0.2) is 4.60 Å². The Morgan fingerprint density at radius 1 is 1.67 bits per heavy atom. The van der Waals surface area contributed by atoms with E-state index in [2.05, 4.69) is 26.2 Å². The minimum Gasteiger partial charge on any atom is -0.383 e. The molecule has 0 amide bonds. The highest BCUT2D eigenvalue weighted by Gasteiger charge is 2.39. The van der Waals surface area contributed by atoms with Crippen LogP contribution in [0.25, 0.3) is 0 Å². The molecule has 0 spiro atoms. The zero-order valence-corrected chi connectivity index (χ0v) is 10.2. The molecule has 1 heterocycles. The number of nitrogens with two attached hydrogens (primary N) is 1. The molecule has 3 N–H and O–H groups in total. The summed E-state index contributed by atoms with van der Waals surface area (Å²) in [6.07, 6.45) is 3.22. The van der Waals surface area contributed by atoms with Crippen LogP contribution < -0.4 is 5.73 Å². The van der Waals surface area contributed by atoms with Gasteiger partial charge in [-0.15, -0.1) is 5.10 Å². The van der Waals surface area contributed by atoms with Gasteiger partial charge in [0.2, 0.25) is 0 Å². The molecule has 15 heavy (non-hydrogen) atoms. The van der Waals surface area contributed by atoms with Gasteiger partial charge >= 0.3 is 0 Å². The SMILES string of the molecule is Cn1nnc(Br)c1C1(O)CCCC(N)C1. The van der Waals surface area contributed by atoms with Crippen LogP contribution >= 0.6 is 15.9 Å². The van der Waals surface area contributed by atoms with E-state index in [4.69, 9.17) is 5.73 Å². The molecule has 1 fully saturated rings. The van der Waals surface area contributed by atoms with Gasteiger partial charge in [0, 0.05) is 13.1 Å². The molecular weight excluding hydrogens is 260 g/mol. The monoisotopic (exact) mass is 274 g/mol. The highest BCUT2D eigenvalue weighted by atomic mass is 79.9. The van der Waals surface area contributed by atoms with Gasteiger partial charge in [-0.05, 0) is 41.6 Å². The Morgan fingerprint density at radius 3 is 2.93 bits per heavy atom. The lowest BCUT2D eigenvalue weighted by atomic mass is 9.80. The van der Waals surface area contributed by atoms with Crippen LogP contribution in [0, 0.1) is 0 Å². The quantitative estimate of drug-likeness (QED) is 0.789. The first-order valence-corrected chi connectivity index (χ1v) is 5.86. The molecule has 0 aromatic carbocycles. The third-order valence-corrected chi connectivity index (χ3v) is 3.53. The van der Waals surface area contributed by atoms with Gasteiger partial charge in [-0.2, -0.15) is 0 Å². The van der Waals surface area contributed by atoms with Gasteiger partial charge < -0.3 is 10.8 Å². The summed E-state index contributed by atoms with van der Waals surface area (Å²) >= 11 is 3.31. The Kier molecular flexibility index (Phi) is 2.83. The molecule has 2 rings (SSSR count). The van der Waals surface area contributed by atoms with Crippen molar-refractivity contribution in [2.75, 3.05) is 0 Å². The molecule has 5 nitrogen and oxygen atoms in total. The smallest absolute Gasteiger partial charge is 0.154 e. The van der Waals surface area contributed by atoms with E-state index in [-0.39, 0.29) is 6.04 Å². The summed E-state index contributed by atoms with van der Waals surface area (Å²) in [4.78, 5) is 0. The summed E-state index contributed by atoms with van der Waals surface area (Å²) in [5, 5.41) is 18.3. The third kappa shape index (κ3) is 1.93. The van der Waals surface area contributed by atoms with Crippen LogP contribution in [0.4, 0.5) is 0 Å². The maximum Gasteiger partial charge on any atom is 0.154 e. The molecule has 0 aliphatic heterocycles. The standard InChI is InChI=1S/C9H15BrN4O/c1-14-7(8(10)12-13-14)9(15)4-2-3-6(11)5-9/h6,15H,2-5,11H2,1H3. The summed E-state index contributed by atoms with van der Waals surface area (Å²) in [7, 11) is 1.78. The number of halogens is 1. The van der Waals surface area contributed by atoms with Crippen molar-refractivity contribution in [1.82, 2.24) is 15.0 Å². The van der Waals surface area contributed by atoms with Crippen molar-refractivity contribution in [2.24, 2.45) is 12.8 Å². The van der Waals surface area contributed by atoms with Gasteiger partial charge in [0.05, 0.1) is 0 Å². The Labute approximate surface area is 96.8 Å². The van der Waals surface area contributed by atoms with E-state index in [1.54, 1.807) is 11.7 Å². The largest absolute Gasteiger partial charge is 0.383 e. The highest BCUT2D eigenvalue weighted by Crippen LogP contribution is 2.38. The lowest BCUT2D eigenvalue weighted by molar-refractivity contribution is -0.0149. The Bertz CT molecular complexity index is 347. The predicted molar refractivity (Wildman–Crippen MR) is 59.0 cm³/mol. The molecule has 84 valence electrons. The number of aliphatic hydroxyl groups is 1. The number of hydrogen-bond acceptors (Lipinski definition) is 4. The molecule has 2 atom stereocenters. The molecule has 0 bridgehead atoms. The zero-order valence-electron chi connectivity index (χ0n) is 8.65. The number of aromatic nitrogens is 3. The minimum atomic E-state index is -0.880. The Balaban J connectivity index is 2.36. The van der Waals surface area contributed by atoms with Gasteiger partial charge in [-0.3, -0.25) is 0 Å². The average molecular weight is 275 g/mol. The van der Waals surface area contributed by atoms with Crippen LogP contribution in [-0.4, -0.2) is 26.1 Å². The van der Waals surface area contributed by atoms with Crippen molar-refractivity contribution in [3.05, 3.63) is 10.3 Å². The van der Waals surface area contributed by atoms with Crippen molar-refractivity contribution < 1.29 is 5.11 Å². The summed E-state index contributed by atoms with van der Waals surface area (Å²) in [6, 6.07) is 0.0607. The topological polar surface area (TPSA) is 77.0 Å². The van der Waals surface area contributed by atoms with Gasteiger partial charge in [-0.25, -0.2) is 4.68 Å². The van der Waals surface area contributed by atoms with E-state index in [0.717, 1.165) is 25.0 Å². The van der Waals surface area contributed by atoms with Gasteiger partial charge in [0.25, 0.3) is 0 Å². The summed E-state index contributed by atoms with van der Waals surface area (Å²) in [6.45, 7) is 0. The highest BCUT2D eigenvalue weighted by molar-refractivity contribution is 9.10. The van der Waals surface area contributed by atoms with E-state index < -0.39 is 5.60 Å². The van der Waals surface area contributed by atoms with Crippen molar-refractivity contribution in [3.8, 4) is 0 Å². The maximum atomic E-state index is 10.6. The number of nitrogens with zero attached hydrogens (tertiary/aromatic N) is 3. The average Bonchev–Trinajstić information content (AvgIpc) is 2.46. The number of rotatable bonds is 1. The van der Waals surface area contributed by atoms with E-state index in [9.17, 15) is 5.11 Å². The molecule has 0 radical (unpaired) electrons. The van der Waals surface area contributed by atoms with Crippen LogP contribution in [0.3, 0.4) is 0 Å². The molecule has 6 heteroatoms. The molecule has 1 saturated carbocycles. The second kappa shape index (κ2) is 3.84. The van der Waals surface area contributed by atoms with Gasteiger partial charge in [-0.1, -0.05) is 5.21 Å². The second-order valence-corrected chi connectivity index (χ2v) is 4.99. The molecular formula is C9H15BrN4O. The van der Waals surface area contributed by atoms with Crippen LogP contribution in [-0.2, 0) is 12.6 Å². The minimum absolute atomic E-state index is 0.0607. The summed E-state index contributed by atoms with van der Waals surface area (Å²) < 4.78 is 2.23. The summed E-state index contributed by atoms with van der Waals surface area (Å²) in [5.41, 5.74) is 5.74. The van der Waals surface area contributed by atoms with Crippen LogP contribution in [0.2, 0.25) is 0 Å². The van der Waals surface area contributed by atoms with Crippen LogP contribution in [0.1, 0.15) is 31.4 Å². The first-order valence-electron chi connectivity index (χ1n) is 5.06. The predicted octanol–water partition coefficient (Wildman–Crippen LogP) is 0.666. The van der Waals surface area contributed by atoms with E-state index >= 15 is 0 Å². The van der Waals surface area contributed by atoms with Gasteiger partial charge in [0.1, 0.15) is 11.3 Å². The van der Waals surface area contributed by atoms with E-state index in [1.807, 2.05) is 0 Å². The van der Waals surface area contributed by atoms with E-state index in [0.29, 0.717) is 11.0 Å². The maximum absolute atomic E-state index is 10.6. The molecule has 0 saturated heterocycles. The van der Waals surface area contributed by atoms with Crippen LogP contribution in [0.5, 0.6) is 0 Å². The van der Waals surface area contributed by atoms with Crippen molar-refractivity contribution in [2.45, 2.75) is 37.3 Å². The van der Waals surface area contributed by atoms with Crippen molar-refractivity contribution >= 4 is 15.9 Å². The van der Waals surface area contributed by atoms with Crippen molar-refractivity contribution in [1.29, 1.82) is 0 Å². The first kappa shape index (κ1) is 11.0. The normalized spacial score (nSPS) is 31.9.